The van der Waals surface area contributed by atoms with Gasteiger partial charge in [0.2, 0.25) is 0 Å². The molecule has 1 aromatic carbocycles. The number of aromatic nitrogens is 1. The number of methoxy groups -OCH3 is 2. The molecule has 1 heterocycles. The number of thiazole rings is 1. The van der Waals surface area contributed by atoms with Crippen molar-refractivity contribution in [3.05, 3.63) is 45.4 Å². The molecule has 0 aliphatic rings. The summed E-state index contributed by atoms with van der Waals surface area (Å²) in [5, 5.41) is 5.31. The Morgan fingerprint density at radius 1 is 1.22 bits per heavy atom. The number of nitrogens with one attached hydrogen (secondary N) is 1. The fourth-order valence-electron chi connectivity index (χ4n) is 2.59. The number of hydrogen-bond donors (Lipinski definition) is 1. The van der Waals surface area contributed by atoms with Gasteiger partial charge in [-0.25, -0.2) is 14.6 Å². The highest BCUT2D eigenvalue weighted by molar-refractivity contribution is 7.09. The van der Waals surface area contributed by atoms with Gasteiger partial charge in [-0.3, -0.25) is 0 Å². The molecule has 0 saturated carbocycles. The van der Waals surface area contributed by atoms with Crippen molar-refractivity contribution in [1.29, 1.82) is 0 Å². The topological polar surface area (TPSA) is 80.8 Å². The predicted octanol–water partition coefficient (Wildman–Crippen LogP) is 3.62. The molecular weight excluding hydrogens is 366 g/mol. The molecule has 0 radical (unpaired) electrons. The van der Waals surface area contributed by atoms with Crippen LogP contribution >= 0.6 is 11.3 Å². The lowest BCUT2D eigenvalue weighted by atomic mass is 10.1. The van der Waals surface area contributed by atoms with Gasteiger partial charge >= 0.3 is 12.0 Å². The number of esters is 1. The van der Waals surface area contributed by atoms with E-state index in [0.717, 1.165) is 16.8 Å². The molecule has 8 heteroatoms. The summed E-state index contributed by atoms with van der Waals surface area (Å²) in [6, 6.07) is 5.67. The normalized spacial score (nSPS) is 10.5. The van der Waals surface area contributed by atoms with E-state index < -0.39 is 5.97 Å². The highest BCUT2D eigenvalue weighted by atomic mass is 32.1. The zero-order valence-electron chi connectivity index (χ0n) is 16.1. The summed E-state index contributed by atoms with van der Waals surface area (Å²) in [6.45, 7) is 5.29. The maximum atomic E-state index is 12.9. The Labute approximate surface area is 163 Å². The number of nitrogens with zero attached hydrogens (tertiary/aromatic N) is 2. The van der Waals surface area contributed by atoms with E-state index in [1.165, 1.54) is 18.4 Å². The first-order chi connectivity index (χ1) is 13.0. The van der Waals surface area contributed by atoms with Crippen LogP contribution in [0.1, 0.15) is 33.0 Å². The second kappa shape index (κ2) is 10.0. The number of para-hydroxylation sites is 1. The van der Waals surface area contributed by atoms with Crippen LogP contribution in [0.3, 0.4) is 0 Å². The van der Waals surface area contributed by atoms with Gasteiger partial charge in [0, 0.05) is 31.3 Å². The van der Waals surface area contributed by atoms with Crippen LogP contribution in [0.15, 0.2) is 23.6 Å². The SMILES string of the molecule is COCCCN(Cc1nc(C(=O)OC)cs1)C(=O)Nc1c(C)cccc1C. The second-order valence-electron chi connectivity index (χ2n) is 6.08. The third kappa shape index (κ3) is 5.77. The monoisotopic (exact) mass is 391 g/mol. The van der Waals surface area contributed by atoms with E-state index in [0.29, 0.717) is 31.1 Å². The maximum Gasteiger partial charge on any atom is 0.357 e. The van der Waals surface area contributed by atoms with Crippen molar-refractivity contribution in [3.8, 4) is 0 Å². The summed E-state index contributed by atoms with van der Waals surface area (Å²) in [6.07, 6.45) is 0.700. The molecule has 1 N–H and O–H groups in total. The van der Waals surface area contributed by atoms with Crippen molar-refractivity contribution in [2.75, 3.05) is 32.7 Å². The van der Waals surface area contributed by atoms with E-state index in [2.05, 4.69) is 15.0 Å². The first kappa shape index (κ1) is 20.9. The standard InChI is InChI=1S/C19H25N3O4S/c1-13-7-5-8-14(2)17(13)21-19(24)22(9-6-10-25-3)11-16-20-15(12-27-16)18(23)26-4/h5,7-8,12H,6,9-11H2,1-4H3,(H,21,24). The van der Waals surface area contributed by atoms with Gasteiger partial charge in [-0.1, -0.05) is 18.2 Å². The van der Waals surface area contributed by atoms with E-state index >= 15 is 0 Å². The van der Waals surface area contributed by atoms with Gasteiger partial charge in [-0.2, -0.15) is 0 Å². The third-order valence-electron chi connectivity index (χ3n) is 4.05. The van der Waals surface area contributed by atoms with Gasteiger partial charge in [-0.15, -0.1) is 11.3 Å². The number of amides is 2. The number of urea groups is 1. The molecule has 2 rings (SSSR count). The summed E-state index contributed by atoms with van der Waals surface area (Å²) in [4.78, 5) is 30.4. The highest BCUT2D eigenvalue weighted by Crippen LogP contribution is 2.21. The van der Waals surface area contributed by atoms with E-state index in [4.69, 9.17) is 4.74 Å². The van der Waals surface area contributed by atoms with Gasteiger partial charge < -0.3 is 19.7 Å². The van der Waals surface area contributed by atoms with Gasteiger partial charge in [0.25, 0.3) is 0 Å². The Morgan fingerprint density at radius 2 is 1.93 bits per heavy atom. The van der Waals surface area contributed by atoms with E-state index in [1.54, 1.807) is 17.4 Å². The smallest absolute Gasteiger partial charge is 0.357 e. The van der Waals surface area contributed by atoms with Gasteiger partial charge in [-0.05, 0) is 31.4 Å². The molecule has 0 spiro atoms. The summed E-state index contributed by atoms with van der Waals surface area (Å²) in [5.41, 5.74) is 3.07. The lowest BCUT2D eigenvalue weighted by Gasteiger charge is -2.23. The molecule has 146 valence electrons. The van der Waals surface area contributed by atoms with E-state index in [9.17, 15) is 9.59 Å². The van der Waals surface area contributed by atoms with E-state index in [-0.39, 0.29) is 11.7 Å². The summed E-state index contributed by atoms with van der Waals surface area (Å²) < 4.78 is 9.78. The van der Waals surface area contributed by atoms with Crippen molar-refractivity contribution in [2.24, 2.45) is 0 Å². The summed E-state index contributed by atoms with van der Waals surface area (Å²) >= 11 is 1.33. The minimum atomic E-state index is -0.483. The zero-order valence-corrected chi connectivity index (χ0v) is 16.9. The van der Waals surface area contributed by atoms with Crippen molar-refractivity contribution in [1.82, 2.24) is 9.88 Å². The van der Waals surface area contributed by atoms with Crippen molar-refractivity contribution >= 4 is 29.0 Å². The zero-order chi connectivity index (χ0) is 19.8. The quantitative estimate of drug-likeness (QED) is 0.549. The molecule has 7 nitrogen and oxygen atoms in total. The lowest BCUT2D eigenvalue weighted by molar-refractivity contribution is 0.0594. The Morgan fingerprint density at radius 3 is 2.56 bits per heavy atom. The van der Waals surface area contributed by atoms with Crippen molar-refractivity contribution in [3.63, 3.8) is 0 Å². The highest BCUT2D eigenvalue weighted by Gasteiger charge is 2.19. The molecule has 0 saturated heterocycles. The number of anilines is 1. The molecule has 2 aromatic rings. The number of ether oxygens (including phenoxy) is 2. The summed E-state index contributed by atoms with van der Waals surface area (Å²) in [7, 11) is 2.95. The molecular formula is C19H25N3O4S. The third-order valence-corrected chi connectivity index (χ3v) is 4.88. The molecule has 0 bridgehead atoms. The Bertz CT molecular complexity index is 771. The average molecular weight is 391 g/mol. The fourth-order valence-corrected chi connectivity index (χ4v) is 3.37. The van der Waals surface area contributed by atoms with Crippen LogP contribution in [-0.2, 0) is 16.0 Å². The first-order valence-corrected chi connectivity index (χ1v) is 9.48. The number of benzene rings is 1. The van der Waals surface area contributed by atoms with Crippen molar-refractivity contribution in [2.45, 2.75) is 26.8 Å². The molecule has 0 fully saturated rings. The molecule has 0 atom stereocenters. The Balaban J connectivity index is 2.14. The molecule has 1 aromatic heterocycles. The molecule has 0 aliphatic heterocycles. The van der Waals surface area contributed by atoms with Crippen LogP contribution in [-0.4, -0.2) is 49.3 Å². The number of carbonyl (C=O) groups excluding carboxylic acids is 2. The molecule has 2 amide bonds. The molecule has 0 unspecified atom stereocenters. The Hall–Kier alpha value is -2.45. The fraction of sp³-hybridized carbons (Fsp3) is 0.421. The maximum absolute atomic E-state index is 12.9. The second-order valence-corrected chi connectivity index (χ2v) is 7.03. The first-order valence-electron chi connectivity index (χ1n) is 8.60. The van der Waals surface area contributed by atoms with Crippen LogP contribution in [0.25, 0.3) is 0 Å². The van der Waals surface area contributed by atoms with Crippen LogP contribution in [0, 0.1) is 13.8 Å². The number of carbonyl (C=O) groups is 2. The summed E-state index contributed by atoms with van der Waals surface area (Å²) in [5.74, 6) is -0.483. The van der Waals surface area contributed by atoms with Crippen LogP contribution in [0.4, 0.5) is 10.5 Å². The van der Waals surface area contributed by atoms with E-state index in [1.807, 2.05) is 32.0 Å². The lowest BCUT2D eigenvalue weighted by Crippen LogP contribution is -2.36. The average Bonchev–Trinajstić information content (AvgIpc) is 3.12. The minimum absolute atomic E-state index is 0.210. The Kier molecular flexibility index (Phi) is 7.75. The van der Waals surface area contributed by atoms with Crippen molar-refractivity contribution < 1.29 is 19.1 Å². The van der Waals surface area contributed by atoms with Crippen LogP contribution in [0.5, 0.6) is 0 Å². The number of hydrogen-bond acceptors (Lipinski definition) is 6. The predicted molar refractivity (Wildman–Crippen MR) is 105 cm³/mol. The van der Waals surface area contributed by atoms with Gasteiger partial charge in [0.15, 0.2) is 5.69 Å². The van der Waals surface area contributed by atoms with Crippen LogP contribution < -0.4 is 5.32 Å². The van der Waals surface area contributed by atoms with Crippen LogP contribution in [0.2, 0.25) is 0 Å². The number of aryl methyl sites for hydroxylation is 2. The number of rotatable bonds is 8. The molecule has 27 heavy (non-hydrogen) atoms. The van der Waals surface area contributed by atoms with Gasteiger partial charge in [0.1, 0.15) is 5.01 Å². The molecule has 0 aliphatic carbocycles. The van der Waals surface area contributed by atoms with Gasteiger partial charge in [0.05, 0.1) is 13.7 Å². The minimum Gasteiger partial charge on any atom is -0.464 e. The largest absolute Gasteiger partial charge is 0.464 e.